The number of aryl methyl sites for hydroxylation is 1. The summed E-state index contributed by atoms with van der Waals surface area (Å²) >= 11 is 0. The maximum atomic E-state index is 9.03. The Bertz CT molecular complexity index is 3200. The van der Waals surface area contributed by atoms with Gasteiger partial charge in [-0.3, -0.25) is 5.41 Å². The van der Waals surface area contributed by atoms with Crippen LogP contribution in [0.5, 0.6) is 0 Å². The summed E-state index contributed by atoms with van der Waals surface area (Å²) in [4.78, 5) is 9.06. The zero-order chi connectivity index (χ0) is 44.8. The Labute approximate surface area is 374 Å². The van der Waals surface area contributed by atoms with Crippen molar-refractivity contribution < 1.29 is 0 Å². The molecule has 1 N–H and O–H groups in total. The van der Waals surface area contributed by atoms with Crippen LogP contribution >= 0.6 is 0 Å². The summed E-state index contributed by atoms with van der Waals surface area (Å²) < 4.78 is 0. The molecule has 0 spiro atoms. The molecule has 0 saturated heterocycles. The molecule has 0 unspecified atom stereocenters. The molecule has 2 aliphatic carbocycles. The third-order valence-electron chi connectivity index (χ3n) is 13.9. The van der Waals surface area contributed by atoms with Gasteiger partial charge < -0.3 is 0 Å². The zero-order valence-corrected chi connectivity index (χ0v) is 38.9. The van der Waals surface area contributed by atoms with E-state index in [4.69, 9.17) is 10.4 Å². The number of fused-ring (bicyclic) bond motifs is 12. The van der Waals surface area contributed by atoms with E-state index in [1.807, 2.05) is 6.07 Å². The Morgan fingerprint density at radius 3 is 1.29 bits per heavy atom. The Balaban J connectivity index is 0.000000219. The highest BCUT2D eigenvalue weighted by atomic mass is 14.9. The van der Waals surface area contributed by atoms with E-state index >= 15 is 0 Å². The average Bonchev–Trinajstić information content (AvgIpc) is 3.63. The van der Waals surface area contributed by atoms with E-state index < -0.39 is 0 Å². The molecule has 0 radical (unpaired) electrons. The summed E-state index contributed by atoms with van der Waals surface area (Å²) in [6, 6.07) is 50.7. The number of aliphatic imine (C=N–C) groups is 2. The molecule has 2 aliphatic rings. The fourth-order valence-electron chi connectivity index (χ4n) is 10.1. The summed E-state index contributed by atoms with van der Waals surface area (Å²) in [5.74, 6) is 0.660. The predicted molar refractivity (Wildman–Crippen MR) is 272 cm³/mol. The average molecular weight is 822 g/mol. The summed E-state index contributed by atoms with van der Waals surface area (Å²) in [6.45, 7) is 28.7. The van der Waals surface area contributed by atoms with Crippen LogP contribution < -0.4 is 0 Å². The molecule has 0 atom stereocenters. The van der Waals surface area contributed by atoms with Gasteiger partial charge in [-0.1, -0.05) is 202 Å². The van der Waals surface area contributed by atoms with Gasteiger partial charge in [-0.05, 0) is 125 Å². The minimum absolute atomic E-state index is 0.0842. The number of hydrogen-bond donors (Lipinski definition) is 1. The Kier molecular flexibility index (Phi) is 9.86. The quantitative estimate of drug-likeness (QED) is 0.103. The summed E-state index contributed by atoms with van der Waals surface area (Å²) in [5, 5.41) is 17.1. The lowest BCUT2D eigenvalue weighted by Crippen LogP contribution is -2.18. The molecule has 63 heavy (non-hydrogen) atoms. The first-order chi connectivity index (χ1) is 29.8. The maximum absolute atomic E-state index is 9.03. The highest BCUT2D eigenvalue weighted by Crippen LogP contribution is 2.51. The van der Waals surface area contributed by atoms with Crippen LogP contribution in [0.25, 0.3) is 54.6 Å². The summed E-state index contributed by atoms with van der Waals surface area (Å²) in [7, 11) is 0. The lowest BCUT2D eigenvalue weighted by molar-refractivity contribution is 0.584. The highest BCUT2D eigenvalue weighted by Gasteiger charge is 2.38. The van der Waals surface area contributed by atoms with Crippen LogP contribution in [0.4, 0.5) is 0 Å². The van der Waals surface area contributed by atoms with Gasteiger partial charge >= 0.3 is 0 Å². The van der Waals surface area contributed by atoms with Gasteiger partial charge in [0.1, 0.15) is 0 Å². The standard InChI is InChI=1S/C41H45N3.C19H14/c1-38(2,3)26-14-18-30-28-16-12-24(20-32(28)40(7,8)34(30)22-26)36(42)44-37(43-11)25-13-17-29-31-19-15-27(39(4,5)6)23-35(31)41(9,10)33(29)21-25;1-13-10-11-18-16-8-3-2-6-14(16)15-7-4-5-9-17(15)19(18)12-13/h12-23,42H,11H2,1-10H3;2-12H,1H3. The largest absolute Gasteiger partial charge is 0.282 e. The van der Waals surface area contributed by atoms with E-state index in [1.54, 1.807) is 0 Å². The second kappa shape index (κ2) is 14.8. The number of rotatable bonds is 2. The maximum Gasteiger partial charge on any atom is 0.161 e. The number of nitrogens with one attached hydrogen (secondary N) is 1. The summed E-state index contributed by atoms with van der Waals surface area (Å²) in [6.07, 6.45) is 0. The third-order valence-corrected chi connectivity index (χ3v) is 13.9. The number of nitrogens with zero attached hydrogens (tertiary/aromatic N) is 2. The van der Waals surface area contributed by atoms with Crippen LogP contribution in [0.2, 0.25) is 0 Å². The Morgan fingerprint density at radius 1 is 0.460 bits per heavy atom. The van der Waals surface area contributed by atoms with Gasteiger partial charge in [-0.2, -0.15) is 0 Å². The monoisotopic (exact) mass is 821 g/mol. The molecule has 0 amide bonds. The molecule has 0 aliphatic heterocycles. The Morgan fingerprint density at radius 2 is 0.841 bits per heavy atom. The second-order valence-corrected chi connectivity index (χ2v) is 20.9. The first-order valence-electron chi connectivity index (χ1n) is 22.3. The lowest BCUT2D eigenvalue weighted by atomic mass is 9.79. The van der Waals surface area contributed by atoms with Crippen molar-refractivity contribution in [1.29, 1.82) is 5.41 Å². The molecule has 0 fully saturated rings. The molecular formula is C60H59N3. The van der Waals surface area contributed by atoms with Gasteiger partial charge in [0.25, 0.3) is 0 Å². The van der Waals surface area contributed by atoms with Crippen molar-refractivity contribution in [3.05, 3.63) is 190 Å². The fourth-order valence-corrected chi connectivity index (χ4v) is 10.1. The number of amidine groups is 2. The molecule has 3 heteroatoms. The third kappa shape index (κ3) is 7.03. The molecule has 314 valence electrons. The van der Waals surface area contributed by atoms with Crippen molar-refractivity contribution in [2.24, 2.45) is 9.98 Å². The summed E-state index contributed by atoms with van der Waals surface area (Å²) in [5.41, 5.74) is 15.8. The SMILES string of the molecule is C=NC(=NC(=N)c1ccc2c(c1)C(C)(C)c1cc(C(C)(C)C)ccc1-2)c1ccc2c(c1)C(C)(C)c1cc(C(C)(C)C)ccc1-2.Cc1ccc2c3ccccc3c3ccccc3c2c1. The van der Waals surface area contributed by atoms with Gasteiger partial charge in [-0.15, -0.1) is 0 Å². The molecule has 8 aromatic carbocycles. The topological polar surface area (TPSA) is 48.6 Å². The van der Waals surface area contributed by atoms with Gasteiger partial charge in [0.05, 0.1) is 0 Å². The van der Waals surface area contributed by atoms with Crippen molar-refractivity contribution in [3.63, 3.8) is 0 Å². The zero-order valence-electron chi connectivity index (χ0n) is 38.9. The normalized spacial score (nSPS) is 14.7. The van der Waals surface area contributed by atoms with Crippen LogP contribution in [0.1, 0.15) is 119 Å². The molecule has 0 aromatic heterocycles. The van der Waals surface area contributed by atoms with Gasteiger partial charge in [0, 0.05) is 22.0 Å². The molecule has 0 heterocycles. The van der Waals surface area contributed by atoms with Crippen molar-refractivity contribution in [3.8, 4) is 22.3 Å². The highest BCUT2D eigenvalue weighted by molar-refractivity contribution is 6.25. The molecule has 0 saturated carbocycles. The smallest absolute Gasteiger partial charge is 0.161 e. The van der Waals surface area contributed by atoms with Crippen LogP contribution in [-0.4, -0.2) is 18.4 Å². The van der Waals surface area contributed by atoms with Gasteiger partial charge in [0.2, 0.25) is 0 Å². The fraction of sp³-hybridized carbons (Fsp3) is 0.250. The first-order valence-corrected chi connectivity index (χ1v) is 22.3. The van der Waals surface area contributed by atoms with Crippen molar-refractivity contribution in [2.45, 2.75) is 97.8 Å². The molecule has 3 nitrogen and oxygen atoms in total. The molecule has 0 bridgehead atoms. The predicted octanol–water partition coefficient (Wildman–Crippen LogP) is 15.8. The van der Waals surface area contributed by atoms with Crippen LogP contribution in [0.3, 0.4) is 0 Å². The minimum atomic E-state index is -0.168. The van der Waals surface area contributed by atoms with Crippen molar-refractivity contribution in [1.82, 2.24) is 0 Å². The van der Waals surface area contributed by atoms with E-state index in [-0.39, 0.29) is 27.5 Å². The lowest BCUT2D eigenvalue weighted by Gasteiger charge is -2.25. The van der Waals surface area contributed by atoms with Gasteiger partial charge in [0.15, 0.2) is 11.7 Å². The van der Waals surface area contributed by atoms with E-state index in [1.165, 1.54) is 93.5 Å². The van der Waals surface area contributed by atoms with Gasteiger partial charge in [-0.25, -0.2) is 9.98 Å². The first kappa shape index (κ1) is 41.9. The van der Waals surface area contributed by atoms with Crippen molar-refractivity contribution in [2.75, 3.05) is 0 Å². The van der Waals surface area contributed by atoms with Crippen LogP contribution in [0.15, 0.2) is 150 Å². The molecule has 8 aromatic rings. The molecule has 10 rings (SSSR count). The number of benzene rings is 8. The Hall–Kier alpha value is -6.45. The van der Waals surface area contributed by atoms with Crippen LogP contribution in [0, 0.1) is 12.3 Å². The second-order valence-electron chi connectivity index (χ2n) is 20.9. The van der Waals surface area contributed by atoms with Crippen molar-refractivity contribution >= 4 is 50.7 Å². The van der Waals surface area contributed by atoms with E-state index in [9.17, 15) is 0 Å². The van der Waals surface area contributed by atoms with E-state index in [2.05, 4.69) is 221 Å². The van der Waals surface area contributed by atoms with E-state index in [0.717, 1.165) is 11.1 Å². The minimum Gasteiger partial charge on any atom is -0.282 e. The van der Waals surface area contributed by atoms with E-state index in [0.29, 0.717) is 5.84 Å². The number of hydrogen-bond acceptors (Lipinski definition) is 1. The van der Waals surface area contributed by atoms with Crippen LogP contribution in [-0.2, 0) is 21.7 Å². The molecular weight excluding hydrogens is 763 g/mol.